The number of aromatic nitrogens is 2. The number of rotatable bonds is 4. The fourth-order valence-electron chi connectivity index (χ4n) is 2.05. The Balaban J connectivity index is 1.72. The van der Waals surface area contributed by atoms with Crippen LogP contribution in [0.5, 0.6) is 0 Å². The summed E-state index contributed by atoms with van der Waals surface area (Å²) in [5, 5.41) is 7.56. The number of carbonyl (C=O) groups excluding carboxylic acids is 1. The monoisotopic (exact) mass is 413 g/mol. The van der Waals surface area contributed by atoms with Crippen LogP contribution in [-0.2, 0) is 6.18 Å². The molecule has 3 aromatic rings. The molecule has 0 aliphatic heterocycles. The molecule has 0 radical (unpaired) electrons. The Hall–Kier alpha value is -2.85. The molecular formula is C16H11ClF3N5OS. The van der Waals surface area contributed by atoms with Crippen LogP contribution in [0.15, 0.2) is 41.9 Å². The van der Waals surface area contributed by atoms with Crippen LogP contribution < -0.4 is 16.4 Å². The highest BCUT2D eigenvalue weighted by atomic mass is 35.5. The Labute approximate surface area is 160 Å². The highest BCUT2D eigenvalue weighted by molar-refractivity contribution is 7.14. The van der Waals surface area contributed by atoms with Crippen LogP contribution in [0.3, 0.4) is 0 Å². The van der Waals surface area contributed by atoms with Crippen molar-refractivity contribution in [1.82, 2.24) is 9.97 Å². The number of pyridine rings is 1. The van der Waals surface area contributed by atoms with E-state index in [1.165, 1.54) is 5.38 Å². The standard InChI is InChI=1S/C16H11ClF3N5OS/c17-9-2-1-5-22-13(9)25-15-24-12(7-27-15)14(26)23-11-4-3-8(6-10(11)21)16(18,19)20/h1-7H,21H2,(H,23,26)(H,22,24,25). The topological polar surface area (TPSA) is 92.9 Å². The predicted molar refractivity (Wildman–Crippen MR) is 98.5 cm³/mol. The molecule has 0 saturated carbocycles. The van der Waals surface area contributed by atoms with Gasteiger partial charge in [-0.05, 0) is 30.3 Å². The van der Waals surface area contributed by atoms with Crippen molar-refractivity contribution in [2.45, 2.75) is 6.18 Å². The average molecular weight is 414 g/mol. The minimum Gasteiger partial charge on any atom is -0.397 e. The molecule has 1 aromatic carbocycles. The molecule has 0 atom stereocenters. The maximum absolute atomic E-state index is 12.7. The van der Waals surface area contributed by atoms with E-state index in [1.807, 2.05) is 0 Å². The van der Waals surface area contributed by atoms with Crippen LogP contribution in [-0.4, -0.2) is 15.9 Å². The minimum absolute atomic E-state index is 0.0586. The number of benzene rings is 1. The van der Waals surface area contributed by atoms with Crippen molar-refractivity contribution in [2.24, 2.45) is 0 Å². The molecule has 6 nitrogen and oxygen atoms in total. The van der Waals surface area contributed by atoms with Crippen molar-refractivity contribution in [3.8, 4) is 0 Å². The van der Waals surface area contributed by atoms with E-state index in [0.717, 1.165) is 29.5 Å². The Bertz CT molecular complexity index is 992. The number of nitrogens with two attached hydrogens (primary N) is 1. The van der Waals surface area contributed by atoms with Gasteiger partial charge < -0.3 is 16.4 Å². The van der Waals surface area contributed by atoms with E-state index in [2.05, 4.69) is 20.6 Å². The van der Waals surface area contributed by atoms with Gasteiger partial charge in [0.25, 0.3) is 5.91 Å². The summed E-state index contributed by atoms with van der Waals surface area (Å²) in [5.74, 6) is -0.231. The summed E-state index contributed by atoms with van der Waals surface area (Å²) < 4.78 is 38.0. The van der Waals surface area contributed by atoms with Crippen LogP contribution in [0.2, 0.25) is 5.02 Å². The molecule has 140 valence electrons. The first kappa shape index (κ1) is 18.9. The Morgan fingerprint density at radius 3 is 2.70 bits per heavy atom. The molecule has 4 N–H and O–H groups in total. The second-order valence-corrected chi connectivity index (χ2v) is 6.52. The van der Waals surface area contributed by atoms with E-state index < -0.39 is 17.6 Å². The molecule has 11 heteroatoms. The number of anilines is 4. The number of carbonyl (C=O) groups is 1. The SMILES string of the molecule is Nc1cc(C(F)(F)F)ccc1NC(=O)c1csc(Nc2ncccc2Cl)n1. The number of thiazole rings is 1. The largest absolute Gasteiger partial charge is 0.416 e. The van der Waals surface area contributed by atoms with Crippen LogP contribution >= 0.6 is 22.9 Å². The van der Waals surface area contributed by atoms with Crippen molar-refractivity contribution in [1.29, 1.82) is 0 Å². The Morgan fingerprint density at radius 1 is 1.26 bits per heavy atom. The van der Waals surface area contributed by atoms with Gasteiger partial charge in [0, 0.05) is 11.6 Å². The lowest BCUT2D eigenvalue weighted by atomic mass is 10.1. The quantitative estimate of drug-likeness (QED) is 0.535. The molecule has 1 amide bonds. The third-order valence-electron chi connectivity index (χ3n) is 3.35. The lowest BCUT2D eigenvalue weighted by Crippen LogP contribution is -2.14. The molecule has 0 spiro atoms. The Kier molecular flexibility index (Phi) is 5.19. The predicted octanol–water partition coefficient (Wildman–Crippen LogP) is 4.79. The fourth-order valence-corrected chi connectivity index (χ4v) is 2.91. The summed E-state index contributed by atoms with van der Waals surface area (Å²) >= 11 is 7.13. The Morgan fingerprint density at radius 2 is 2.04 bits per heavy atom. The molecule has 0 saturated heterocycles. The van der Waals surface area contributed by atoms with Gasteiger partial charge in [-0.25, -0.2) is 9.97 Å². The minimum atomic E-state index is -4.51. The van der Waals surface area contributed by atoms with Gasteiger partial charge in [0.2, 0.25) is 0 Å². The lowest BCUT2D eigenvalue weighted by molar-refractivity contribution is -0.137. The normalized spacial score (nSPS) is 11.3. The zero-order valence-corrected chi connectivity index (χ0v) is 14.9. The number of hydrogen-bond acceptors (Lipinski definition) is 6. The first-order valence-electron chi connectivity index (χ1n) is 7.35. The van der Waals surface area contributed by atoms with Crippen LogP contribution in [0.25, 0.3) is 0 Å². The maximum atomic E-state index is 12.7. The van der Waals surface area contributed by atoms with Crippen LogP contribution in [0.4, 0.5) is 35.5 Å². The number of alkyl halides is 3. The van der Waals surface area contributed by atoms with Crippen molar-refractivity contribution < 1.29 is 18.0 Å². The summed E-state index contributed by atoms with van der Waals surface area (Å²) in [5.41, 5.74) is 4.62. The van der Waals surface area contributed by atoms with Crippen molar-refractivity contribution in [3.63, 3.8) is 0 Å². The van der Waals surface area contributed by atoms with Gasteiger partial charge >= 0.3 is 6.18 Å². The third kappa shape index (κ3) is 4.47. The molecule has 2 heterocycles. The van der Waals surface area contributed by atoms with Gasteiger partial charge in [0.1, 0.15) is 5.69 Å². The second kappa shape index (κ2) is 7.41. The molecule has 27 heavy (non-hydrogen) atoms. The molecule has 0 aliphatic rings. The van der Waals surface area contributed by atoms with E-state index in [9.17, 15) is 18.0 Å². The van der Waals surface area contributed by atoms with E-state index in [1.54, 1.807) is 18.3 Å². The molecule has 0 bridgehead atoms. The zero-order chi connectivity index (χ0) is 19.6. The highest BCUT2D eigenvalue weighted by Crippen LogP contribution is 2.33. The third-order valence-corrected chi connectivity index (χ3v) is 4.41. The molecule has 0 unspecified atom stereocenters. The molecule has 0 fully saturated rings. The molecule has 3 rings (SSSR count). The summed E-state index contributed by atoms with van der Waals surface area (Å²) in [6.07, 6.45) is -2.97. The van der Waals surface area contributed by atoms with Crippen LogP contribution in [0, 0.1) is 0 Å². The number of nitrogens with one attached hydrogen (secondary N) is 2. The number of hydrogen-bond donors (Lipinski definition) is 3. The molecular weight excluding hydrogens is 403 g/mol. The van der Waals surface area contributed by atoms with Crippen molar-refractivity contribution in [2.75, 3.05) is 16.4 Å². The molecule has 0 aliphatic carbocycles. The van der Waals surface area contributed by atoms with Gasteiger partial charge in [-0.2, -0.15) is 13.2 Å². The van der Waals surface area contributed by atoms with Crippen LogP contribution in [0.1, 0.15) is 16.1 Å². The van der Waals surface area contributed by atoms with Gasteiger partial charge in [-0.3, -0.25) is 4.79 Å². The first-order valence-corrected chi connectivity index (χ1v) is 8.61. The smallest absolute Gasteiger partial charge is 0.397 e. The maximum Gasteiger partial charge on any atom is 0.416 e. The lowest BCUT2D eigenvalue weighted by Gasteiger charge is -2.11. The van der Waals surface area contributed by atoms with Gasteiger partial charge in [-0.15, -0.1) is 11.3 Å². The average Bonchev–Trinajstić information content (AvgIpc) is 3.06. The number of nitrogen functional groups attached to an aromatic ring is 1. The summed E-state index contributed by atoms with van der Waals surface area (Å²) in [7, 11) is 0. The van der Waals surface area contributed by atoms with E-state index >= 15 is 0 Å². The van der Waals surface area contributed by atoms with Gasteiger partial charge in [0.15, 0.2) is 10.9 Å². The van der Waals surface area contributed by atoms with Gasteiger partial charge in [0.05, 0.1) is 22.0 Å². The second-order valence-electron chi connectivity index (χ2n) is 5.25. The summed E-state index contributed by atoms with van der Waals surface area (Å²) in [6.45, 7) is 0. The van der Waals surface area contributed by atoms with Crippen molar-refractivity contribution in [3.05, 3.63) is 58.2 Å². The highest BCUT2D eigenvalue weighted by Gasteiger charge is 2.31. The van der Waals surface area contributed by atoms with E-state index in [4.69, 9.17) is 17.3 Å². The van der Waals surface area contributed by atoms with Crippen molar-refractivity contribution >= 4 is 51.2 Å². The number of nitrogens with zero attached hydrogens (tertiary/aromatic N) is 2. The summed E-state index contributed by atoms with van der Waals surface area (Å²) in [4.78, 5) is 20.4. The first-order chi connectivity index (χ1) is 12.7. The zero-order valence-electron chi connectivity index (χ0n) is 13.3. The molecule has 2 aromatic heterocycles. The summed E-state index contributed by atoms with van der Waals surface area (Å²) in [6, 6.07) is 6.00. The number of amides is 1. The number of halogens is 4. The van der Waals surface area contributed by atoms with Gasteiger partial charge in [-0.1, -0.05) is 11.6 Å². The fraction of sp³-hybridized carbons (Fsp3) is 0.0625. The van der Waals surface area contributed by atoms with E-state index in [-0.39, 0.29) is 17.1 Å². The van der Waals surface area contributed by atoms with E-state index in [0.29, 0.717) is 16.0 Å².